The van der Waals surface area contributed by atoms with E-state index >= 15 is 0 Å². The SMILES string of the molecule is CCCCC(CC)C(=O)NCC1(CCO)CC1. The standard InChI is InChI=1S/C14H27NO2/c1-3-5-6-12(4-2)13(17)15-11-14(7-8-14)9-10-16/h12,16H,3-11H2,1-2H3,(H,15,17). The molecule has 0 aromatic carbocycles. The Morgan fingerprint density at radius 2 is 2.12 bits per heavy atom. The highest BCUT2D eigenvalue weighted by Gasteiger charge is 2.42. The molecule has 0 aromatic rings. The lowest BCUT2D eigenvalue weighted by molar-refractivity contribution is -0.125. The van der Waals surface area contributed by atoms with Crippen molar-refractivity contribution >= 4 is 5.91 Å². The monoisotopic (exact) mass is 241 g/mol. The normalized spacial score (nSPS) is 18.8. The van der Waals surface area contributed by atoms with Crippen LogP contribution in [0, 0.1) is 11.3 Å². The zero-order chi connectivity index (χ0) is 12.7. The predicted molar refractivity (Wildman–Crippen MR) is 69.7 cm³/mol. The number of aliphatic hydroxyl groups excluding tert-OH is 1. The Bertz CT molecular complexity index is 236. The molecule has 0 radical (unpaired) electrons. The summed E-state index contributed by atoms with van der Waals surface area (Å²) < 4.78 is 0. The first kappa shape index (κ1) is 14.5. The van der Waals surface area contributed by atoms with Gasteiger partial charge in [0.05, 0.1) is 0 Å². The van der Waals surface area contributed by atoms with E-state index in [0.29, 0.717) is 0 Å². The first-order chi connectivity index (χ1) is 8.17. The summed E-state index contributed by atoms with van der Waals surface area (Å²) in [6.45, 7) is 5.24. The van der Waals surface area contributed by atoms with Crippen LogP contribution in [0.4, 0.5) is 0 Å². The average molecular weight is 241 g/mol. The lowest BCUT2D eigenvalue weighted by Crippen LogP contribution is -2.35. The lowest BCUT2D eigenvalue weighted by atomic mass is 9.97. The first-order valence-corrected chi connectivity index (χ1v) is 7.06. The van der Waals surface area contributed by atoms with Crippen LogP contribution in [-0.2, 0) is 4.79 Å². The van der Waals surface area contributed by atoms with E-state index in [2.05, 4.69) is 19.2 Å². The van der Waals surface area contributed by atoms with Gasteiger partial charge in [0.1, 0.15) is 0 Å². The molecule has 1 amide bonds. The maximum atomic E-state index is 12.0. The van der Waals surface area contributed by atoms with Crippen molar-refractivity contribution < 1.29 is 9.90 Å². The number of unbranched alkanes of at least 4 members (excludes halogenated alkanes) is 1. The molecule has 1 saturated carbocycles. The van der Waals surface area contributed by atoms with Gasteiger partial charge in [0.25, 0.3) is 0 Å². The average Bonchev–Trinajstić information content (AvgIpc) is 3.08. The van der Waals surface area contributed by atoms with Crippen molar-refractivity contribution in [2.75, 3.05) is 13.2 Å². The summed E-state index contributed by atoms with van der Waals surface area (Å²) in [5.41, 5.74) is 0.230. The van der Waals surface area contributed by atoms with Crippen molar-refractivity contribution in [1.82, 2.24) is 5.32 Å². The molecule has 1 unspecified atom stereocenters. The van der Waals surface area contributed by atoms with Crippen LogP contribution in [0.15, 0.2) is 0 Å². The summed E-state index contributed by atoms with van der Waals surface area (Å²) in [4.78, 5) is 12.0. The molecule has 0 spiro atoms. The molecule has 100 valence electrons. The molecule has 1 aliphatic carbocycles. The van der Waals surface area contributed by atoms with E-state index in [0.717, 1.165) is 51.5 Å². The Balaban J connectivity index is 2.27. The van der Waals surface area contributed by atoms with Crippen molar-refractivity contribution in [2.45, 2.75) is 58.8 Å². The van der Waals surface area contributed by atoms with Crippen LogP contribution in [0.2, 0.25) is 0 Å². The fraction of sp³-hybridized carbons (Fsp3) is 0.929. The van der Waals surface area contributed by atoms with Gasteiger partial charge in [0.2, 0.25) is 5.91 Å². The van der Waals surface area contributed by atoms with Gasteiger partial charge in [-0.05, 0) is 37.5 Å². The van der Waals surface area contributed by atoms with E-state index in [9.17, 15) is 4.79 Å². The summed E-state index contributed by atoms with van der Waals surface area (Å²) in [5.74, 6) is 0.394. The van der Waals surface area contributed by atoms with Gasteiger partial charge in [-0.25, -0.2) is 0 Å². The molecule has 1 aliphatic rings. The Labute approximate surface area is 105 Å². The molecule has 17 heavy (non-hydrogen) atoms. The zero-order valence-electron chi connectivity index (χ0n) is 11.3. The largest absolute Gasteiger partial charge is 0.396 e. The van der Waals surface area contributed by atoms with Gasteiger partial charge in [-0.15, -0.1) is 0 Å². The van der Waals surface area contributed by atoms with E-state index in [1.807, 2.05) is 0 Å². The second-order valence-corrected chi connectivity index (χ2v) is 5.44. The third-order valence-electron chi connectivity index (χ3n) is 4.01. The summed E-state index contributed by atoms with van der Waals surface area (Å²) in [7, 11) is 0. The minimum Gasteiger partial charge on any atom is -0.396 e. The van der Waals surface area contributed by atoms with E-state index in [4.69, 9.17) is 5.11 Å². The van der Waals surface area contributed by atoms with E-state index in [-0.39, 0.29) is 23.8 Å². The fourth-order valence-electron chi connectivity index (χ4n) is 2.32. The van der Waals surface area contributed by atoms with Crippen LogP contribution in [0.1, 0.15) is 58.8 Å². The number of aliphatic hydroxyl groups is 1. The van der Waals surface area contributed by atoms with Crippen LogP contribution < -0.4 is 5.32 Å². The number of carbonyl (C=O) groups excluding carboxylic acids is 1. The van der Waals surface area contributed by atoms with Gasteiger partial charge in [-0.2, -0.15) is 0 Å². The van der Waals surface area contributed by atoms with Gasteiger partial charge in [-0.3, -0.25) is 4.79 Å². The van der Waals surface area contributed by atoms with Gasteiger partial charge in [-0.1, -0.05) is 26.7 Å². The number of hydrogen-bond acceptors (Lipinski definition) is 2. The molecular formula is C14H27NO2. The second-order valence-electron chi connectivity index (χ2n) is 5.44. The number of hydrogen-bond donors (Lipinski definition) is 2. The van der Waals surface area contributed by atoms with Gasteiger partial charge >= 0.3 is 0 Å². The Hall–Kier alpha value is -0.570. The molecule has 0 aromatic heterocycles. The molecule has 1 rings (SSSR count). The predicted octanol–water partition coefficient (Wildman–Crippen LogP) is 2.48. The lowest BCUT2D eigenvalue weighted by Gasteiger charge is -2.18. The maximum Gasteiger partial charge on any atom is 0.223 e. The van der Waals surface area contributed by atoms with Gasteiger partial charge in [0, 0.05) is 19.1 Å². The van der Waals surface area contributed by atoms with Crippen LogP contribution in [0.25, 0.3) is 0 Å². The third kappa shape index (κ3) is 4.66. The highest BCUT2D eigenvalue weighted by molar-refractivity contribution is 5.78. The van der Waals surface area contributed by atoms with Crippen LogP contribution >= 0.6 is 0 Å². The molecule has 3 heteroatoms. The molecule has 1 atom stereocenters. The quantitative estimate of drug-likeness (QED) is 0.651. The van der Waals surface area contributed by atoms with Crippen molar-refractivity contribution in [3.63, 3.8) is 0 Å². The molecular weight excluding hydrogens is 214 g/mol. The van der Waals surface area contributed by atoms with Crippen molar-refractivity contribution in [2.24, 2.45) is 11.3 Å². The fourth-order valence-corrected chi connectivity index (χ4v) is 2.32. The number of nitrogens with one attached hydrogen (secondary N) is 1. The van der Waals surface area contributed by atoms with E-state index in [1.54, 1.807) is 0 Å². The highest BCUT2D eigenvalue weighted by Crippen LogP contribution is 2.47. The Morgan fingerprint density at radius 3 is 2.59 bits per heavy atom. The molecule has 3 nitrogen and oxygen atoms in total. The molecule has 0 saturated heterocycles. The molecule has 0 heterocycles. The Morgan fingerprint density at radius 1 is 1.41 bits per heavy atom. The smallest absolute Gasteiger partial charge is 0.223 e. The molecule has 2 N–H and O–H groups in total. The molecule has 0 aliphatic heterocycles. The molecule has 1 fully saturated rings. The summed E-state index contributed by atoms with van der Waals surface area (Å²) in [6.07, 6.45) is 7.36. The van der Waals surface area contributed by atoms with Crippen LogP contribution in [0.5, 0.6) is 0 Å². The van der Waals surface area contributed by atoms with Gasteiger partial charge < -0.3 is 10.4 Å². The summed E-state index contributed by atoms with van der Waals surface area (Å²) in [6, 6.07) is 0. The zero-order valence-corrected chi connectivity index (χ0v) is 11.3. The second kappa shape index (κ2) is 7.00. The number of carbonyl (C=O) groups is 1. The van der Waals surface area contributed by atoms with Crippen LogP contribution in [-0.4, -0.2) is 24.2 Å². The third-order valence-corrected chi connectivity index (χ3v) is 4.01. The van der Waals surface area contributed by atoms with Crippen molar-refractivity contribution in [3.8, 4) is 0 Å². The van der Waals surface area contributed by atoms with E-state index < -0.39 is 0 Å². The minimum atomic E-state index is 0.180. The highest BCUT2D eigenvalue weighted by atomic mass is 16.3. The first-order valence-electron chi connectivity index (χ1n) is 7.06. The number of amides is 1. The molecule has 0 bridgehead atoms. The topological polar surface area (TPSA) is 49.3 Å². The van der Waals surface area contributed by atoms with Crippen molar-refractivity contribution in [1.29, 1.82) is 0 Å². The summed E-state index contributed by atoms with van der Waals surface area (Å²) in [5, 5.41) is 12.0. The van der Waals surface area contributed by atoms with E-state index in [1.165, 1.54) is 0 Å². The van der Waals surface area contributed by atoms with Gasteiger partial charge in [0.15, 0.2) is 0 Å². The Kier molecular flexibility index (Phi) is 5.96. The minimum absolute atomic E-state index is 0.180. The number of rotatable bonds is 9. The van der Waals surface area contributed by atoms with Crippen molar-refractivity contribution in [3.05, 3.63) is 0 Å². The summed E-state index contributed by atoms with van der Waals surface area (Å²) >= 11 is 0. The van der Waals surface area contributed by atoms with Crippen LogP contribution in [0.3, 0.4) is 0 Å². The maximum absolute atomic E-state index is 12.0.